The number of guanidine groups is 1. The van der Waals surface area contributed by atoms with Crippen LogP contribution in [0.25, 0.3) is 0 Å². The number of nitrogens with one attached hydrogen (secondary N) is 1. The third-order valence-electron chi connectivity index (χ3n) is 5.40. The fourth-order valence-corrected chi connectivity index (χ4v) is 3.57. The van der Waals surface area contributed by atoms with Crippen LogP contribution in [0, 0.1) is 5.92 Å². The molecule has 0 amide bonds. The number of nitrogens with zero attached hydrogens (tertiary/aromatic N) is 3. The Morgan fingerprint density at radius 3 is 2.29 bits per heavy atom. The van der Waals surface area contributed by atoms with E-state index in [1.54, 1.807) is 0 Å². The van der Waals surface area contributed by atoms with E-state index in [1.807, 2.05) is 14.0 Å². The molecule has 1 aromatic rings. The lowest BCUT2D eigenvalue weighted by Gasteiger charge is -2.33. The third-order valence-corrected chi connectivity index (χ3v) is 5.40. The third kappa shape index (κ3) is 6.51. The van der Waals surface area contributed by atoms with Gasteiger partial charge < -0.3 is 15.0 Å². The van der Waals surface area contributed by atoms with Crippen molar-refractivity contribution in [3.05, 3.63) is 35.4 Å². The molecular formula is C22H36N4O2. The number of benzene rings is 1. The summed E-state index contributed by atoms with van der Waals surface area (Å²) in [4.78, 5) is 21.0. The molecule has 1 fully saturated rings. The lowest BCUT2D eigenvalue weighted by molar-refractivity contribution is -0.149. The number of hydrogen-bond donors (Lipinski definition) is 1. The summed E-state index contributed by atoms with van der Waals surface area (Å²) in [6, 6.07) is 8.80. The molecule has 1 saturated heterocycles. The number of carbonyl (C=O) groups excluding carboxylic acids is 1. The molecule has 0 spiro atoms. The molecule has 1 aliphatic rings. The molecule has 0 aliphatic carbocycles. The summed E-state index contributed by atoms with van der Waals surface area (Å²) in [6.07, 6.45) is 1.64. The monoisotopic (exact) mass is 388 g/mol. The zero-order valence-corrected chi connectivity index (χ0v) is 17.9. The van der Waals surface area contributed by atoms with Gasteiger partial charge in [-0.3, -0.25) is 14.7 Å². The Morgan fingerprint density at radius 2 is 1.75 bits per heavy atom. The van der Waals surface area contributed by atoms with Crippen molar-refractivity contribution in [2.24, 2.45) is 10.9 Å². The standard InChI is InChI=1S/C22H36N4O2/c1-5-25(6-2)17-19-10-8-18(9-11-19)16-24-22(23-4)26-14-12-20(13-15-26)21(27)28-7-3/h8-11,20H,5-7,12-17H2,1-4H3,(H,23,24). The highest BCUT2D eigenvalue weighted by Crippen LogP contribution is 2.19. The normalized spacial score (nSPS) is 15.8. The van der Waals surface area contributed by atoms with E-state index in [9.17, 15) is 4.79 Å². The number of rotatable bonds is 8. The summed E-state index contributed by atoms with van der Waals surface area (Å²) in [5.74, 6) is 0.858. The topological polar surface area (TPSA) is 57.2 Å². The summed E-state index contributed by atoms with van der Waals surface area (Å²) in [7, 11) is 1.81. The van der Waals surface area contributed by atoms with Crippen LogP contribution < -0.4 is 5.32 Å². The van der Waals surface area contributed by atoms with Gasteiger partial charge in [0.2, 0.25) is 0 Å². The fourth-order valence-electron chi connectivity index (χ4n) is 3.57. The van der Waals surface area contributed by atoms with Crippen molar-refractivity contribution in [1.29, 1.82) is 0 Å². The molecular weight excluding hydrogens is 352 g/mol. The Hall–Kier alpha value is -2.08. The Bertz CT molecular complexity index is 618. The van der Waals surface area contributed by atoms with E-state index in [2.05, 4.69) is 58.2 Å². The second kappa shape index (κ2) is 11.7. The molecule has 1 N–H and O–H groups in total. The molecule has 28 heavy (non-hydrogen) atoms. The molecule has 0 atom stereocenters. The summed E-state index contributed by atoms with van der Waals surface area (Å²) >= 11 is 0. The minimum atomic E-state index is -0.0603. The zero-order chi connectivity index (χ0) is 20.4. The smallest absolute Gasteiger partial charge is 0.309 e. The fraction of sp³-hybridized carbons (Fsp3) is 0.636. The summed E-state index contributed by atoms with van der Waals surface area (Å²) in [5.41, 5.74) is 2.59. The van der Waals surface area contributed by atoms with E-state index in [0.29, 0.717) is 6.61 Å². The van der Waals surface area contributed by atoms with Crippen molar-refractivity contribution in [3.8, 4) is 0 Å². The highest BCUT2D eigenvalue weighted by Gasteiger charge is 2.27. The van der Waals surface area contributed by atoms with Crippen LogP contribution in [0.15, 0.2) is 29.3 Å². The SMILES string of the molecule is CCOC(=O)C1CCN(C(=NC)NCc2ccc(CN(CC)CC)cc2)CC1. The van der Waals surface area contributed by atoms with Gasteiger partial charge in [0, 0.05) is 33.2 Å². The minimum Gasteiger partial charge on any atom is -0.466 e. The van der Waals surface area contributed by atoms with Crippen LogP contribution in [-0.4, -0.2) is 61.6 Å². The second-order valence-corrected chi connectivity index (χ2v) is 7.19. The van der Waals surface area contributed by atoms with Gasteiger partial charge in [-0.25, -0.2) is 0 Å². The van der Waals surface area contributed by atoms with Gasteiger partial charge >= 0.3 is 5.97 Å². The summed E-state index contributed by atoms with van der Waals surface area (Å²) in [6.45, 7) is 12.2. The largest absolute Gasteiger partial charge is 0.466 e. The molecule has 0 unspecified atom stereocenters. The Labute approximate surface area is 170 Å². The summed E-state index contributed by atoms with van der Waals surface area (Å²) in [5, 5.41) is 3.46. The number of likely N-dealkylation sites (tertiary alicyclic amines) is 1. The van der Waals surface area contributed by atoms with Crippen molar-refractivity contribution in [1.82, 2.24) is 15.1 Å². The van der Waals surface area contributed by atoms with Crippen LogP contribution in [-0.2, 0) is 22.6 Å². The highest BCUT2D eigenvalue weighted by atomic mass is 16.5. The maximum Gasteiger partial charge on any atom is 0.309 e. The first-order valence-electron chi connectivity index (χ1n) is 10.5. The van der Waals surface area contributed by atoms with Crippen molar-refractivity contribution >= 4 is 11.9 Å². The van der Waals surface area contributed by atoms with Gasteiger partial charge in [0.25, 0.3) is 0 Å². The van der Waals surface area contributed by atoms with E-state index in [4.69, 9.17) is 4.74 Å². The maximum absolute atomic E-state index is 11.9. The van der Waals surface area contributed by atoms with E-state index >= 15 is 0 Å². The first kappa shape index (κ1) is 22.2. The van der Waals surface area contributed by atoms with Crippen LogP contribution >= 0.6 is 0 Å². The Balaban J connectivity index is 1.82. The van der Waals surface area contributed by atoms with Gasteiger partial charge in [-0.05, 0) is 44.0 Å². The zero-order valence-electron chi connectivity index (χ0n) is 17.9. The van der Waals surface area contributed by atoms with Crippen molar-refractivity contribution in [2.45, 2.75) is 46.7 Å². The first-order valence-corrected chi connectivity index (χ1v) is 10.5. The quantitative estimate of drug-likeness (QED) is 0.422. The average Bonchev–Trinajstić information content (AvgIpc) is 2.74. The van der Waals surface area contributed by atoms with Gasteiger partial charge in [-0.1, -0.05) is 38.1 Å². The van der Waals surface area contributed by atoms with Crippen LogP contribution in [0.4, 0.5) is 0 Å². The van der Waals surface area contributed by atoms with E-state index in [0.717, 1.165) is 58.1 Å². The number of hydrogen-bond acceptors (Lipinski definition) is 4. The van der Waals surface area contributed by atoms with Crippen molar-refractivity contribution < 1.29 is 9.53 Å². The summed E-state index contributed by atoms with van der Waals surface area (Å²) < 4.78 is 5.15. The van der Waals surface area contributed by atoms with Crippen molar-refractivity contribution in [2.75, 3.05) is 39.8 Å². The lowest BCUT2D eigenvalue weighted by atomic mass is 9.97. The van der Waals surface area contributed by atoms with Crippen LogP contribution in [0.2, 0.25) is 0 Å². The molecule has 0 aromatic heterocycles. The molecule has 6 heteroatoms. The van der Waals surface area contributed by atoms with Gasteiger partial charge in [-0.15, -0.1) is 0 Å². The molecule has 0 saturated carbocycles. The number of aliphatic imine (C=N–C) groups is 1. The maximum atomic E-state index is 11.9. The number of ether oxygens (including phenoxy) is 1. The molecule has 0 radical (unpaired) electrons. The van der Waals surface area contributed by atoms with Gasteiger partial charge in [0.15, 0.2) is 5.96 Å². The van der Waals surface area contributed by atoms with E-state index < -0.39 is 0 Å². The van der Waals surface area contributed by atoms with E-state index in [-0.39, 0.29) is 11.9 Å². The second-order valence-electron chi connectivity index (χ2n) is 7.19. The molecule has 156 valence electrons. The first-order chi connectivity index (χ1) is 13.6. The lowest BCUT2D eigenvalue weighted by Crippen LogP contribution is -2.46. The molecule has 1 aromatic carbocycles. The highest BCUT2D eigenvalue weighted by molar-refractivity contribution is 5.80. The molecule has 1 heterocycles. The minimum absolute atomic E-state index is 0.0210. The van der Waals surface area contributed by atoms with Gasteiger partial charge in [0.1, 0.15) is 0 Å². The number of esters is 1. The average molecular weight is 389 g/mol. The van der Waals surface area contributed by atoms with Gasteiger partial charge in [0.05, 0.1) is 12.5 Å². The van der Waals surface area contributed by atoms with Crippen LogP contribution in [0.5, 0.6) is 0 Å². The van der Waals surface area contributed by atoms with E-state index in [1.165, 1.54) is 11.1 Å². The number of piperidine rings is 1. The Morgan fingerprint density at radius 1 is 1.14 bits per heavy atom. The van der Waals surface area contributed by atoms with Gasteiger partial charge in [-0.2, -0.15) is 0 Å². The van der Waals surface area contributed by atoms with Crippen LogP contribution in [0.3, 0.4) is 0 Å². The number of carbonyl (C=O) groups is 1. The molecule has 0 bridgehead atoms. The molecule has 1 aliphatic heterocycles. The predicted molar refractivity (Wildman–Crippen MR) is 114 cm³/mol. The molecule has 6 nitrogen and oxygen atoms in total. The molecule has 2 rings (SSSR count). The van der Waals surface area contributed by atoms with Crippen LogP contribution in [0.1, 0.15) is 44.7 Å². The predicted octanol–water partition coefficient (Wildman–Crippen LogP) is 2.88. The Kier molecular flexibility index (Phi) is 9.28. The van der Waals surface area contributed by atoms with Crippen molar-refractivity contribution in [3.63, 3.8) is 0 Å².